The van der Waals surface area contributed by atoms with Crippen LogP contribution in [0.1, 0.15) is 18.9 Å². The zero-order chi connectivity index (χ0) is 9.23. The minimum absolute atomic E-state index is 1.21. The van der Waals surface area contributed by atoms with Crippen LogP contribution >= 0.6 is 0 Å². The Balaban J connectivity index is 0.000000354. The Hall–Kier alpha value is -0.623. The van der Waals surface area contributed by atoms with Gasteiger partial charge in [-0.05, 0) is 12.0 Å². The summed E-state index contributed by atoms with van der Waals surface area (Å²) in [5, 5.41) is 0. The topological polar surface area (TPSA) is 0 Å². The first-order valence-corrected chi connectivity index (χ1v) is 4.26. The fourth-order valence-corrected chi connectivity index (χ4v) is 0.933. The molecule has 0 amide bonds. The van der Waals surface area contributed by atoms with Gasteiger partial charge in [0.05, 0.1) is 0 Å². The van der Waals surface area contributed by atoms with Gasteiger partial charge in [0.15, 0.2) is 0 Å². The van der Waals surface area contributed by atoms with Crippen molar-refractivity contribution >= 4 is 17.7 Å². The summed E-state index contributed by atoms with van der Waals surface area (Å²) in [7, 11) is 0. The molecule has 0 bridgehead atoms. The molecule has 0 aliphatic heterocycles. The van der Waals surface area contributed by atoms with E-state index in [1.54, 1.807) is 17.7 Å². The number of terminal acetylenes is 1. The normalized spacial score (nSPS) is 7.83. The van der Waals surface area contributed by atoms with Crippen LogP contribution in [0.2, 0.25) is 0 Å². The van der Waals surface area contributed by atoms with Crippen LogP contribution in [-0.4, -0.2) is 17.7 Å². The van der Waals surface area contributed by atoms with Crippen molar-refractivity contribution in [3.05, 3.63) is 35.9 Å². The van der Waals surface area contributed by atoms with Gasteiger partial charge >= 0.3 is 28.7 Å². The van der Waals surface area contributed by atoms with Gasteiger partial charge in [0.25, 0.3) is 0 Å². The van der Waals surface area contributed by atoms with E-state index in [0.29, 0.717) is 0 Å². The SMILES string of the molecule is CCCc1ccccc1.[Li][C]#C. The van der Waals surface area contributed by atoms with Gasteiger partial charge < -0.3 is 0 Å². The predicted octanol–water partition coefficient (Wildman–Crippen LogP) is 2.38. The Morgan fingerprint density at radius 3 is 2.25 bits per heavy atom. The average molecular weight is 152 g/mol. The summed E-state index contributed by atoms with van der Waals surface area (Å²) >= 11 is 1.65. The first-order chi connectivity index (χ1) is 5.85. The van der Waals surface area contributed by atoms with Crippen LogP contribution in [0, 0.1) is 11.0 Å². The second kappa shape index (κ2) is 8.47. The van der Waals surface area contributed by atoms with Gasteiger partial charge in [-0.25, -0.2) is 0 Å². The average Bonchev–Trinajstić information content (AvgIpc) is 2.08. The van der Waals surface area contributed by atoms with E-state index < -0.39 is 0 Å². The van der Waals surface area contributed by atoms with Crippen molar-refractivity contribution in [3.63, 3.8) is 0 Å². The molecule has 0 aliphatic carbocycles. The molecule has 0 spiro atoms. The fourth-order valence-electron chi connectivity index (χ4n) is 0.933. The van der Waals surface area contributed by atoms with E-state index in [4.69, 9.17) is 0 Å². The maximum atomic E-state index is 4.60. The summed E-state index contributed by atoms with van der Waals surface area (Å²) in [5.41, 5.74) is 1.44. The van der Waals surface area contributed by atoms with Gasteiger partial charge in [-0.15, -0.1) is 0 Å². The molecule has 12 heavy (non-hydrogen) atoms. The third kappa shape index (κ3) is 6.11. The fraction of sp³-hybridized carbons (Fsp3) is 0.273. The van der Waals surface area contributed by atoms with Crippen LogP contribution in [0.25, 0.3) is 0 Å². The Bertz CT molecular complexity index is 221. The molecule has 0 saturated heterocycles. The molecule has 0 N–H and O–H groups in total. The molecule has 0 aliphatic rings. The molecule has 0 unspecified atom stereocenters. The number of aryl methyl sites for hydroxylation is 1. The van der Waals surface area contributed by atoms with Crippen molar-refractivity contribution in [2.45, 2.75) is 19.8 Å². The van der Waals surface area contributed by atoms with Crippen LogP contribution in [0.4, 0.5) is 0 Å². The molecule has 0 radical (unpaired) electrons. The minimum atomic E-state index is 1.21. The van der Waals surface area contributed by atoms with Crippen molar-refractivity contribution in [2.24, 2.45) is 0 Å². The molecule has 1 heteroatoms. The van der Waals surface area contributed by atoms with Gasteiger partial charge in [-0.2, -0.15) is 0 Å². The summed E-state index contributed by atoms with van der Waals surface area (Å²) in [5.74, 6) is 0. The number of rotatable bonds is 2. The Morgan fingerprint density at radius 1 is 1.33 bits per heavy atom. The van der Waals surface area contributed by atoms with E-state index in [1.807, 2.05) is 0 Å². The summed E-state index contributed by atoms with van der Waals surface area (Å²) in [6.07, 6.45) is 7.05. The first-order valence-electron chi connectivity index (χ1n) is 4.26. The standard InChI is InChI=1S/C9H12.C2H.Li/c1-2-6-9-7-4-3-5-8-9;1-2;/h3-5,7-8H,2,6H2,1H3;1H;. The third-order valence-electron chi connectivity index (χ3n) is 1.38. The molecular weight excluding hydrogens is 139 g/mol. The van der Waals surface area contributed by atoms with E-state index in [9.17, 15) is 0 Å². The van der Waals surface area contributed by atoms with E-state index in [2.05, 4.69) is 48.3 Å². The third-order valence-corrected chi connectivity index (χ3v) is 1.38. The summed E-state index contributed by atoms with van der Waals surface area (Å²) in [6.45, 7) is 2.20. The van der Waals surface area contributed by atoms with Gasteiger partial charge in [0.1, 0.15) is 0 Å². The molecule has 0 nitrogen and oxygen atoms in total. The van der Waals surface area contributed by atoms with Crippen molar-refractivity contribution in [2.75, 3.05) is 0 Å². The van der Waals surface area contributed by atoms with Gasteiger partial charge in [-0.1, -0.05) is 43.7 Å². The Kier molecular flexibility index (Phi) is 8.03. The van der Waals surface area contributed by atoms with E-state index in [0.717, 1.165) is 0 Å². The zero-order valence-corrected chi connectivity index (χ0v) is 7.88. The Morgan fingerprint density at radius 2 is 1.83 bits per heavy atom. The monoisotopic (exact) mass is 152 g/mol. The van der Waals surface area contributed by atoms with Crippen LogP contribution in [0.3, 0.4) is 0 Å². The molecule has 0 aromatic heterocycles. The van der Waals surface area contributed by atoms with Gasteiger partial charge in [0, 0.05) is 0 Å². The maximum absolute atomic E-state index is 4.60. The number of benzene rings is 1. The molecule has 1 aromatic rings. The van der Waals surface area contributed by atoms with E-state index in [-0.39, 0.29) is 0 Å². The van der Waals surface area contributed by atoms with Crippen LogP contribution in [0.15, 0.2) is 30.3 Å². The van der Waals surface area contributed by atoms with E-state index >= 15 is 0 Å². The van der Waals surface area contributed by atoms with E-state index in [1.165, 1.54) is 18.4 Å². The quantitative estimate of drug-likeness (QED) is 0.451. The number of hydrogen-bond donors (Lipinski definition) is 0. The van der Waals surface area contributed by atoms with Gasteiger partial charge in [0.2, 0.25) is 0 Å². The molecule has 58 valence electrons. The Labute approximate surface area is 84.6 Å². The molecule has 0 fully saturated rings. The summed E-state index contributed by atoms with van der Waals surface area (Å²) in [6, 6.07) is 10.6. The molecule has 1 aromatic carbocycles. The number of hydrogen-bond acceptors (Lipinski definition) is 0. The predicted molar refractivity (Wildman–Crippen MR) is 55.0 cm³/mol. The van der Waals surface area contributed by atoms with Crippen molar-refractivity contribution in [1.29, 1.82) is 0 Å². The molecule has 0 atom stereocenters. The molecular formula is C11H13Li. The van der Waals surface area contributed by atoms with Crippen LogP contribution in [0.5, 0.6) is 0 Å². The molecule has 1 rings (SSSR count). The molecule has 0 saturated carbocycles. The summed E-state index contributed by atoms with van der Waals surface area (Å²) < 4.78 is 2.25. The van der Waals surface area contributed by atoms with Crippen molar-refractivity contribution in [3.8, 4) is 11.0 Å². The van der Waals surface area contributed by atoms with Gasteiger partial charge in [-0.3, -0.25) is 0 Å². The second-order valence-corrected chi connectivity index (χ2v) is 2.52. The second-order valence-electron chi connectivity index (χ2n) is 2.52. The first kappa shape index (κ1) is 11.4. The van der Waals surface area contributed by atoms with Crippen LogP contribution < -0.4 is 0 Å². The molecule has 0 heterocycles. The van der Waals surface area contributed by atoms with Crippen molar-refractivity contribution < 1.29 is 0 Å². The van der Waals surface area contributed by atoms with Crippen LogP contribution in [-0.2, 0) is 6.42 Å². The van der Waals surface area contributed by atoms with Crippen molar-refractivity contribution in [1.82, 2.24) is 0 Å². The summed E-state index contributed by atoms with van der Waals surface area (Å²) in [4.78, 5) is 0. The zero-order valence-electron chi connectivity index (χ0n) is 7.88.